The van der Waals surface area contributed by atoms with E-state index in [4.69, 9.17) is 9.84 Å². The summed E-state index contributed by atoms with van der Waals surface area (Å²) in [5.74, 6) is 0.701. The first-order valence-corrected chi connectivity index (χ1v) is 4.07. The predicted molar refractivity (Wildman–Crippen MR) is 39.8 cm³/mol. The molecule has 0 aromatic rings. The standard InChI is InChI=1S/C8H16O2/c1-7-8(3-2-5-9)4-6-10-7/h7-9H,2-6H2,1H3. The van der Waals surface area contributed by atoms with Crippen molar-refractivity contribution in [1.29, 1.82) is 0 Å². The Morgan fingerprint density at radius 2 is 2.40 bits per heavy atom. The molecule has 1 aliphatic rings. The number of ether oxygens (including phenoxy) is 1. The fourth-order valence-electron chi connectivity index (χ4n) is 1.51. The van der Waals surface area contributed by atoms with Crippen LogP contribution in [0.3, 0.4) is 0 Å². The molecule has 0 radical (unpaired) electrons. The molecule has 2 atom stereocenters. The zero-order valence-corrected chi connectivity index (χ0v) is 6.55. The number of aliphatic hydroxyl groups excluding tert-OH is 1. The van der Waals surface area contributed by atoms with E-state index < -0.39 is 0 Å². The SMILES string of the molecule is CC1OCCC1CCCO. The summed E-state index contributed by atoms with van der Waals surface area (Å²) in [6, 6.07) is 0. The summed E-state index contributed by atoms with van der Waals surface area (Å²) < 4.78 is 5.38. The van der Waals surface area contributed by atoms with Gasteiger partial charge in [-0.1, -0.05) is 0 Å². The zero-order valence-electron chi connectivity index (χ0n) is 6.55. The molecule has 2 nitrogen and oxygen atoms in total. The molecule has 1 heterocycles. The topological polar surface area (TPSA) is 29.5 Å². The number of rotatable bonds is 3. The van der Waals surface area contributed by atoms with Gasteiger partial charge in [0.25, 0.3) is 0 Å². The largest absolute Gasteiger partial charge is 0.396 e. The fraction of sp³-hybridized carbons (Fsp3) is 1.00. The van der Waals surface area contributed by atoms with Crippen LogP contribution in [-0.2, 0) is 4.74 Å². The van der Waals surface area contributed by atoms with Crippen LogP contribution in [0.4, 0.5) is 0 Å². The Hall–Kier alpha value is -0.0800. The maximum absolute atomic E-state index is 8.57. The average Bonchev–Trinajstić information content (AvgIpc) is 2.31. The van der Waals surface area contributed by atoms with Gasteiger partial charge in [0.05, 0.1) is 6.10 Å². The second kappa shape index (κ2) is 3.94. The van der Waals surface area contributed by atoms with Crippen molar-refractivity contribution in [2.24, 2.45) is 5.92 Å². The maximum Gasteiger partial charge on any atom is 0.0576 e. The van der Waals surface area contributed by atoms with Crippen molar-refractivity contribution in [3.8, 4) is 0 Å². The van der Waals surface area contributed by atoms with E-state index >= 15 is 0 Å². The van der Waals surface area contributed by atoms with E-state index in [0.29, 0.717) is 18.6 Å². The van der Waals surface area contributed by atoms with Crippen LogP contribution in [0.2, 0.25) is 0 Å². The van der Waals surface area contributed by atoms with Gasteiger partial charge in [0.1, 0.15) is 0 Å². The van der Waals surface area contributed by atoms with Crippen molar-refractivity contribution in [1.82, 2.24) is 0 Å². The first-order valence-electron chi connectivity index (χ1n) is 4.07. The predicted octanol–water partition coefficient (Wildman–Crippen LogP) is 1.18. The highest BCUT2D eigenvalue weighted by Gasteiger charge is 2.22. The minimum atomic E-state index is 0.323. The van der Waals surface area contributed by atoms with Gasteiger partial charge >= 0.3 is 0 Å². The lowest BCUT2D eigenvalue weighted by atomic mass is 9.97. The van der Waals surface area contributed by atoms with Crippen LogP contribution in [0.25, 0.3) is 0 Å². The zero-order chi connectivity index (χ0) is 7.40. The van der Waals surface area contributed by atoms with Crippen LogP contribution in [-0.4, -0.2) is 24.4 Å². The molecule has 0 saturated carbocycles. The molecule has 0 amide bonds. The second-order valence-corrected chi connectivity index (χ2v) is 2.99. The van der Waals surface area contributed by atoms with E-state index in [1.54, 1.807) is 0 Å². The lowest BCUT2D eigenvalue weighted by Gasteiger charge is -2.11. The smallest absolute Gasteiger partial charge is 0.0576 e. The maximum atomic E-state index is 8.57. The van der Waals surface area contributed by atoms with Gasteiger partial charge in [-0.15, -0.1) is 0 Å². The Bertz CT molecular complexity index is 93.3. The van der Waals surface area contributed by atoms with E-state index in [1.807, 2.05) is 0 Å². The summed E-state index contributed by atoms with van der Waals surface area (Å²) >= 11 is 0. The van der Waals surface area contributed by atoms with Crippen LogP contribution in [0, 0.1) is 5.92 Å². The Kier molecular flexibility index (Phi) is 3.16. The Balaban J connectivity index is 2.14. The molecule has 1 rings (SSSR count). The number of hydrogen-bond donors (Lipinski definition) is 1. The van der Waals surface area contributed by atoms with Crippen molar-refractivity contribution in [3.63, 3.8) is 0 Å². The van der Waals surface area contributed by atoms with Gasteiger partial charge < -0.3 is 9.84 Å². The van der Waals surface area contributed by atoms with Crippen molar-refractivity contribution < 1.29 is 9.84 Å². The van der Waals surface area contributed by atoms with Gasteiger partial charge in [-0.2, -0.15) is 0 Å². The third-order valence-corrected chi connectivity index (χ3v) is 2.27. The van der Waals surface area contributed by atoms with E-state index in [0.717, 1.165) is 19.4 Å². The molecule has 60 valence electrons. The molecule has 2 unspecified atom stereocenters. The monoisotopic (exact) mass is 144 g/mol. The van der Waals surface area contributed by atoms with Crippen LogP contribution in [0.1, 0.15) is 26.2 Å². The lowest BCUT2D eigenvalue weighted by Crippen LogP contribution is -2.11. The molecule has 1 N–H and O–H groups in total. The Morgan fingerprint density at radius 1 is 1.60 bits per heavy atom. The van der Waals surface area contributed by atoms with Gasteiger partial charge in [-0.05, 0) is 32.1 Å². The average molecular weight is 144 g/mol. The van der Waals surface area contributed by atoms with E-state index in [1.165, 1.54) is 6.42 Å². The van der Waals surface area contributed by atoms with Gasteiger partial charge in [0, 0.05) is 13.2 Å². The van der Waals surface area contributed by atoms with Crippen LogP contribution < -0.4 is 0 Å². The quantitative estimate of drug-likeness (QED) is 0.644. The highest BCUT2D eigenvalue weighted by molar-refractivity contribution is 4.71. The summed E-state index contributed by atoms with van der Waals surface area (Å²) in [6.07, 6.45) is 3.66. The molecule has 0 aromatic heterocycles. The third kappa shape index (κ3) is 1.96. The number of hydrogen-bond acceptors (Lipinski definition) is 2. The molecule has 2 heteroatoms. The minimum Gasteiger partial charge on any atom is -0.396 e. The third-order valence-electron chi connectivity index (χ3n) is 2.27. The summed E-state index contributed by atoms with van der Waals surface area (Å²) in [6.45, 7) is 3.36. The highest BCUT2D eigenvalue weighted by atomic mass is 16.5. The first-order chi connectivity index (χ1) is 4.84. The van der Waals surface area contributed by atoms with E-state index in [9.17, 15) is 0 Å². The van der Waals surface area contributed by atoms with Gasteiger partial charge in [-0.3, -0.25) is 0 Å². The summed E-state index contributed by atoms with van der Waals surface area (Å²) in [5, 5.41) is 8.57. The molecule has 1 saturated heterocycles. The van der Waals surface area contributed by atoms with Crippen LogP contribution >= 0.6 is 0 Å². The summed E-state index contributed by atoms with van der Waals surface area (Å²) in [4.78, 5) is 0. The van der Waals surface area contributed by atoms with Gasteiger partial charge in [0.2, 0.25) is 0 Å². The van der Waals surface area contributed by atoms with Crippen molar-refractivity contribution in [2.75, 3.05) is 13.2 Å². The Morgan fingerprint density at radius 3 is 2.90 bits per heavy atom. The second-order valence-electron chi connectivity index (χ2n) is 2.99. The lowest BCUT2D eigenvalue weighted by molar-refractivity contribution is 0.102. The number of aliphatic hydroxyl groups is 1. The summed E-state index contributed by atoms with van der Waals surface area (Å²) in [5.41, 5.74) is 0. The first kappa shape index (κ1) is 8.02. The molecular formula is C8H16O2. The molecular weight excluding hydrogens is 128 g/mol. The van der Waals surface area contributed by atoms with Crippen LogP contribution in [0.15, 0.2) is 0 Å². The molecule has 1 aliphatic heterocycles. The van der Waals surface area contributed by atoms with Crippen molar-refractivity contribution in [2.45, 2.75) is 32.3 Å². The van der Waals surface area contributed by atoms with Gasteiger partial charge in [-0.25, -0.2) is 0 Å². The Labute approximate surface area is 62.2 Å². The van der Waals surface area contributed by atoms with E-state index in [-0.39, 0.29) is 0 Å². The summed E-state index contributed by atoms with van der Waals surface area (Å²) in [7, 11) is 0. The van der Waals surface area contributed by atoms with Crippen molar-refractivity contribution >= 4 is 0 Å². The minimum absolute atomic E-state index is 0.323. The molecule has 1 fully saturated rings. The molecule has 0 aliphatic carbocycles. The van der Waals surface area contributed by atoms with Gasteiger partial charge in [0.15, 0.2) is 0 Å². The highest BCUT2D eigenvalue weighted by Crippen LogP contribution is 2.24. The molecule has 10 heavy (non-hydrogen) atoms. The van der Waals surface area contributed by atoms with Crippen LogP contribution in [0.5, 0.6) is 0 Å². The molecule has 0 bridgehead atoms. The fourth-order valence-corrected chi connectivity index (χ4v) is 1.51. The van der Waals surface area contributed by atoms with E-state index in [2.05, 4.69) is 6.92 Å². The molecule has 0 aromatic carbocycles. The van der Waals surface area contributed by atoms with Crippen molar-refractivity contribution in [3.05, 3.63) is 0 Å². The normalized spacial score (nSPS) is 33.0. The molecule has 0 spiro atoms.